The van der Waals surface area contributed by atoms with Crippen LogP contribution in [0.15, 0.2) is 38.1 Å². The van der Waals surface area contributed by atoms with Crippen LogP contribution < -0.4 is 16.4 Å². The van der Waals surface area contributed by atoms with Gasteiger partial charge in [-0.25, -0.2) is 4.98 Å². The van der Waals surface area contributed by atoms with Gasteiger partial charge >= 0.3 is 11.1 Å². The Morgan fingerprint density at radius 2 is 2.15 bits per heavy atom. The molecule has 2 heterocycles. The van der Waals surface area contributed by atoms with E-state index in [2.05, 4.69) is 20.4 Å². The van der Waals surface area contributed by atoms with Gasteiger partial charge in [0.15, 0.2) is 5.16 Å². The van der Waals surface area contributed by atoms with Crippen LogP contribution in [-0.2, 0) is 7.05 Å². The number of aromatic amines is 1. The summed E-state index contributed by atoms with van der Waals surface area (Å²) in [5.41, 5.74) is -0.464. The smallest absolute Gasteiger partial charge is 0.313 e. The van der Waals surface area contributed by atoms with E-state index < -0.39 is 11.1 Å². The van der Waals surface area contributed by atoms with Crippen LogP contribution in [0.25, 0.3) is 0 Å². The van der Waals surface area contributed by atoms with Crippen molar-refractivity contribution in [3.05, 3.63) is 44.6 Å². The average Bonchev–Trinajstić information content (AvgIpc) is 2.44. The van der Waals surface area contributed by atoms with Crippen molar-refractivity contribution in [1.29, 1.82) is 0 Å². The largest absolute Gasteiger partial charge is 0.339 e. The van der Waals surface area contributed by atoms with Crippen molar-refractivity contribution in [1.82, 2.24) is 25.1 Å². The molecule has 0 bridgehead atoms. The first kappa shape index (κ1) is 14.5. The number of rotatable bonds is 4. The van der Waals surface area contributed by atoms with E-state index >= 15 is 0 Å². The molecule has 2 aromatic heterocycles. The number of aromatic nitrogens is 4. The van der Waals surface area contributed by atoms with Crippen molar-refractivity contribution < 1.29 is 0 Å². The number of hydrogen-bond acceptors (Lipinski definition) is 6. The fourth-order valence-electron chi connectivity index (χ4n) is 1.52. The molecule has 7 nitrogen and oxygen atoms in total. The molecule has 0 aliphatic rings. The molecule has 0 aromatic carbocycles. The van der Waals surface area contributed by atoms with Crippen LogP contribution in [-0.4, -0.2) is 26.8 Å². The molecule has 2 N–H and O–H groups in total. The zero-order chi connectivity index (χ0) is 14.7. The molecular weight excluding hydrogens is 278 g/mol. The van der Waals surface area contributed by atoms with E-state index in [-0.39, 0.29) is 6.04 Å². The number of H-pyrrole nitrogens is 1. The molecule has 106 valence electrons. The first-order chi connectivity index (χ1) is 9.51. The molecule has 0 saturated carbocycles. The molecule has 0 fully saturated rings. The minimum absolute atomic E-state index is 0.220. The molecule has 2 rings (SSSR count). The Bertz CT molecular complexity index is 707. The lowest BCUT2D eigenvalue weighted by Crippen LogP contribution is -2.33. The van der Waals surface area contributed by atoms with E-state index in [1.807, 2.05) is 26.1 Å². The second-order valence-electron chi connectivity index (χ2n) is 4.24. The van der Waals surface area contributed by atoms with Crippen LogP contribution in [0.1, 0.15) is 18.5 Å². The van der Waals surface area contributed by atoms with Gasteiger partial charge in [-0.3, -0.25) is 19.4 Å². The van der Waals surface area contributed by atoms with Crippen LogP contribution >= 0.6 is 11.8 Å². The lowest BCUT2D eigenvalue weighted by molar-refractivity contribution is 0.596. The summed E-state index contributed by atoms with van der Waals surface area (Å²) in [5.74, 6) is 0. The Kier molecular flexibility index (Phi) is 4.35. The number of nitrogens with one attached hydrogen (secondary N) is 2. The van der Waals surface area contributed by atoms with Gasteiger partial charge in [-0.2, -0.15) is 4.98 Å². The summed E-state index contributed by atoms with van der Waals surface area (Å²) in [6.45, 7) is 2.04. The van der Waals surface area contributed by atoms with E-state index in [0.717, 1.165) is 5.56 Å². The zero-order valence-electron chi connectivity index (χ0n) is 11.4. The summed E-state index contributed by atoms with van der Waals surface area (Å²) >= 11 is 1.22. The number of nitrogens with zero attached hydrogens (tertiary/aromatic N) is 3. The standard InChI is InChI=1S/C12H15N5O2S/c1-7(13-2)8-4-5-9(14-6-8)20-12-15-10(18)11(19)16-17(12)3/h4-7,13H,1-3H3,(H,16,19). The molecule has 20 heavy (non-hydrogen) atoms. The predicted molar refractivity (Wildman–Crippen MR) is 75.9 cm³/mol. The molecule has 0 saturated heterocycles. The van der Waals surface area contributed by atoms with Crippen LogP contribution in [0.2, 0.25) is 0 Å². The van der Waals surface area contributed by atoms with Gasteiger partial charge in [0.05, 0.1) is 0 Å². The molecule has 0 radical (unpaired) electrons. The topological polar surface area (TPSA) is 92.7 Å². The Hall–Kier alpha value is -1.93. The highest BCUT2D eigenvalue weighted by Crippen LogP contribution is 2.23. The van der Waals surface area contributed by atoms with E-state index in [9.17, 15) is 9.59 Å². The molecular formula is C12H15N5O2S. The second-order valence-corrected chi connectivity index (χ2v) is 5.23. The maximum absolute atomic E-state index is 11.3. The average molecular weight is 293 g/mol. The number of pyridine rings is 1. The highest BCUT2D eigenvalue weighted by Gasteiger charge is 2.08. The van der Waals surface area contributed by atoms with Crippen molar-refractivity contribution in [2.24, 2.45) is 7.05 Å². The fraction of sp³-hybridized carbons (Fsp3) is 0.333. The van der Waals surface area contributed by atoms with Crippen LogP contribution in [0.5, 0.6) is 0 Å². The van der Waals surface area contributed by atoms with Crippen molar-refractivity contribution in [2.45, 2.75) is 23.1 Å². The third-order valence-corrected chi connectivity index (χ3v) is 3.83. The first-order valence-corrected chi connectivity index (χ1v) is 6.81. The summed E-state index contributed by atoms with van der Waals surface area (Å²) in [6, 6.07) is 4.03. The summed E-state index contributed by atoms with van der Waals surface area (Å²) in [7, 11) is 3.50. The van der Waals surface area contributed by atoms with Crippen molar-refractivity contribution in [3.63, 3.8) is 0 Å². The third kappa shape index (κ3) is 3.14. The van der Waals surface area contributed by atoms with Crippen LogP contribution in [0.3, 0.4) is 0 Å². The maximum atomic E-state index is 11.3. The van der Waals surface area contributed by atoms with Crippen molar-refractivity contribution >= 4 is 11.8 Å². The SMILES string of the molecule is CNC(C)c1ccc(Sc2nc(=O)c(=O)[nH]n2C)nc1. The van der Waals surface area contributed by atoms with Gasteiger partial charge in [-0.05, 0) is 37.4 Å². The fourth-order valence-corrected chi connectivity index (χ4v) is 2.26. The molecule has 1 atom stereocenters. The maximum Gasteiger partial charge on any atom is 0.339 e. The summed E-state index contributed by atoms with van der Waals surface area (Å²) in [4.78, 5) is 30.4. The van der Waals surface area contributed by atoms with E-state index in [1.165, 1.54) is 16.4 Å². The molecule has 0 spiro atoms. The minimum Gasteiger partial charge on any atom is -0.313 e. The summed E-state index contributed by atoms with van der Waals surface area (Å²) < 4.78 is 1.40. The molecule has 1 unspecified atom stereocenters. The predicted octanol–water partition coefficient (Wildman–Crippen LogP) is 0.295. The molecule has 2 aromatic rings. The Labute approximate surface area is 119 Å². The highest BCUT2D eigenvalue weighted by molar-refractivity contribution is 7.99. The number of hydrogen-bond donors (Lipinski definition) is 2. The van der Waals surface area contributed by atoms with E-state index in [4.69, 9.17) is 0 Å². The van der Waals surface area contributed by atoms with Gasteiger partial charge in [0.2, 0.25) is 0 Å². The van der Waals surface area contributed by atoms with Crippen molar-refractivity contribution in [2.75, 3.05) is 7.05 Å². The van der Waals surface area contributed by atoms with E-state index in [1.54, 1.807) is 13.2 Å². The molecule has 0 aliphatic carbocycles. The van der Waals surface area contributed by atoms with Crippen LogP contribution in [0.4, 0.5) is 0 Å². The van der Waals surface area contributed by atoms with Gasteiger partial charge in [-0.15, -0.1) is 0 Å². The Morgan fingerprint density at radius 3 is 2.75 bits per heavy atom. The van der Waals surface area contributed by atoms with E-state index in [0.29, 0.717) is 10.2 Å². The van der Waals surface area contributed by atoms with Gasteiger partial charge < -0.3 is 5.32 Å². The van der Waals surface area contributed by atoms with Gasteiger partial charge in [0.1, 0.15) is 5.03 Å². The Balaban J connectivity index is 2.24. The monoisotopic (exact) mass is 293 g/mol. The lowest BCUT2D eigenvalue weighted by Gasteiger charge is -2.10. The highest BCUT2D eigenvalue weighted by atomic mass is 32.2. The third-order valence-electron chi connectivity index (χ3n) is 2.84. The second kappa shape index (κ2) is 6.02. The summed E-state index contributed by atoms with van der Waals surface area (Å²) in [5, 5.41) is 6.61. The molecule has 0 amide bonds. The minimum atomic E-state index is -0.800. The first-order valence-electron chi connectivity index (χ1n) is 5.99. The number of aryl methyl sites for hydroxylation is 1. The van der Waals surface area contributed by atoms with Crippen LogP contribution in [0, 0.1) is 0 Å². The summed E-state index contributed by atoms with van der Waals surface area (Å²) in [6.07, 6.45) is 1.77. The lowest BCUT2D eigenvalue weighted by atomic mass is 10.1. The van der Waals surface area contributed by atoms with Gasteiger partial charge in [0.25, 0.3) is 0 Å². The Morgan fingerprint density at radius 1 is 1.40 bits per heavy atom. The molecule has 0 aliphatic heterocycles. The van der Waals surface area contributed by atoms with Gasteiger partial charge in [-0.1, -0.05) is 6.07 Å². The van der Waals surface area contributed by atoms with Gasteiger partial charge in [0, 0.05) is 19.3 Å². The zero-order valence-corrected chi connectivity index (χ0v) is 12.2. The molecule has 8 heteroatoms. The van der Waals surface area contributed by atoms with Crippen molar-refractivity contribution in [3.8, 4) is 0 Å². The normalized spacial score (nSPS) is 12.3. The quantitative estimate of drug-likeness (QED) is 0.787.